The Hall–Kier alpha value is -0.450. The molecule has 2 nitrogen and oxygen atoms in total. The Morgan fingerprint density at radius 2 is 1.76 bits per heavy atom. The van der Waals surface area contributed by atoms with E-state index < -0.39 is 0 Å². The predicted octanol–water partition coefficient (Wildman–Crippen LogP) is 5.17. The Kier molecular flexibility index (Phi) is 7.32. The van der Waals surface area contributed by atoms with Crippen LogP contribution >= 0.6 is 15.9 Å². The van der Waals surface area contributed by atoms with E-state index in [-0.39, 0.29) is 11.9 Å². The summed E-state index contributed by atoms with van der Waals surface area (Å²) in [5, 5.41) is 9.59. The molecule has 0 radical (unpaired) electrons. The largest absolute Gasteiger partial charge is 0.393 e. The van der Waals surface area contributed by atoms with Crippen molar-refractivity contribution in [3.05, 3.63) is 34.1 Å². The molecule has 1 aromatic carbocycles. The summed E-state index contributed by atoms with van der Waals surface area (Å²) in [7, 11) is 0. The van der Waals surface area contributed by atoms with E-state index in [0.29, 0.717) is 5.92 Å². The lowest BCUT2D eigenvalue weighted by Gasteiger charge is -2.33. The second kappa shape index (κ2) is 9.48. The molecule has 1 aliphatic heterocycles. The fourth-order valence-electron chi connectivity index (χ4n) is 4.46. The van der Waals surface area contributed by atoms with Crippen molar-refractivity contribution in [2.75, 3.05) is 19.6 Å². The molecule has 0 spiro atoms. The highest BCUT2D eigenvalue weighted by molar-refractivity contribution is 9.10. The van der Waals surface area contributed by atoms with Gasteiger partial charge in [0, 0.05) is 4.47 Å². The van der Waals surface area contributed by atoms with Crippen LogP contribution < -0.4 is 0 Å². The molecule has 140 valence electrons. The Labute approximate surface area is 159 Å². The van der Waals surface area contributed by atoms with Crippen molar-refractivity contribution >= 4 is 15.9 Å². The maximum Gasteiger partial charge on any atom is 0.123 e. The summed E-state index contributed by atoms with van der Waals surface area (Å²) in [6.45, 7) is 3.58. The quantitative estimate of drug-likeness (QED) is 0.697. The van der Waals surface area contributed by atoms with Crippen LogP contribution in [0.5, 0.6) is 0 Å². The number of halogens is 2. The van der Waals surface area contributed by atoms with Gasteiger partial charge >= 0.3 is 0 Å². The van der Waals surface area contributed by atoms with Gasteiger partial charge in [-0.25, -0.2) is 4.39 Å². The topological polar surface area (TPSA) is 23.5 Å². The predicted molar refractivity (Wildman–Crippen MR) is 104 cm³/mol. The summed E-state index contributed by atoms with van der Waals surface area (Å²) in [6.07, 6.45) is 10.4. The van der Waals surface area contributed by atoms with Crippen molar-refractivity contribution in [3.8, 4) is 0 Å². The molecule has 1 N–H and O–H groups in total. The molecule has 1 saturated heterocycles. The van der Waals surface area contributed by atoms with E-state index in [1.165, 1.54) is 64.2 Å². The third-order valence-corrected chi connectivity index (χ3v) is 6.90. The summed E-state index contributed by atoms with van der Waals surface area (Å²) >= 11 is 3.55. The van der Waals surface area contributed by atoms with Crippen molar-refractivity contribution in [2.45, 2.75) is 63.9 Å². The van der Waals surface area contributed by atoms with E-state index in [9.17, 15) is 9.50 Å². The molecule has 1 saturated carbocycles. The Balaban J connectivity index is 1.34. The van der Waals surface area contributed by atoms with E-state index in [2.05, 4.69) is 20.8 Å². The second-order valence-corrected chi connectivity index (χ2v) is 8.90. The molecular weight excluding hydrogens is 381 g/mol. The van der Waals surface area contributed by atoms with Crippen LogP contribution in [0, 0.1) is 17.7 Å². The molecule has 0 bridgehead atoms. The molecule has 1 aliphatic carbocycles. The van der Waals surface area contributed by atoms with Gasteiger partial charge < -0.3 is 10.0 Å². The fourth-order valence-corrected chi connectivity index (χ4v) is 4.87. The minimum absolute atomic E-state index is 0.0339. The first kappa shape index (κ1) is 19.3. The molecule has 0 unspecified atom stereocenters. The van der Waals surface area contributed by atoms with E-state index in [0.717, 1.165) is 35.2 Å². The van der Waals surface area contributed by atoms with Crippen molar-refractivity contribution < 1.29 is 9.50 Å². The number of piperidine rings is 1. The van der Waals surface area contributed by atoms with Gasteiger partial charge in [0.1, 0.15) is 5.82 Å². The number of rotatable bonds is 6. The van der Waals surface area contributed by atoms with E-state index >= 15 is 0 Å². The molecule has 1 heterocycles. The number of likely N-dealkylation sites (tertiary alicyclic amines) is 1. The van der Waals surface area contributed by atoms with E-state index in [1.807, 2.05) is 6.07 Å². The third-order valence-electron chi connectivity index (χ3n) is 6.13. The normalized spacial score (nSPS) is 26.0. The number of nitrogens with zero attached hydrogens (tertiary/aromatic N) is 1. The lowest BCUT2D eigenvalue weighted by atomic mass is 9.84. The summed E-state index contributed by atoms with van der Waals surface area (Å²) in [6, 6.07) is 5.02. The Bertz CT molecular complexity index is 537. The zero-order chi connectivity index (χ0) is 17.6. The highest BCUT2D eigenvalue weighted by Crippen LogP contribution is 2.29. The van der Waals surface area contributed by atoms with Gasteiger partial charge in [-0.05, 0) is 113 Å². The molecule has 3 rings (SSSR count). The lowest BCUT2D eigenvalue weighted by molar-refractivity contribution is 0.103. The highest BCUT2D eigenvalue weighted by atomic mass is 79.9. The SMILES string of the molecule is OC1CCC(CCCN2CCC(Cc3cc(F)ccc3Br)CC2)CC1. The molecule has 0 aromatic heterocycles. The maximum atomic E-state index is 13.4. The van der Waals surface area contributed by atoms with Crippen molar-refractivity contribution in [2.24, 2.45) is 11.8 Å². The van der Waals surface area contributed by atoms with Crippen LogP contribution in [0.3, 0.4) is 0 Å². The third kappa shape index (κ3) is 6.04. The summed E-state index contributed by atoms with van der Waals surface area (Å²) in [5.74, 6) is 1.38. The van der Waals surface area contributed by atoms with Crippen LogP contribution in [-0.2, 0) is 6.42 Å². The minimum atomic E-state index is -0.133. The van der Waals surface area contributed by atoms with Gasteiger partial charge in [-0.15, -0.1) is 0 Å². The van der Waals surface area contributed by atoms with Gasteiger partial charge in [0.25, 0.3) is 0 Å². The average molecular weight is 412 g/mol. The molecule has 25 heavy (non-hydrogen) atoms. The molecule has 2 fully saturated rings. The molecule has 4 heteroatoms. The van der Waals surface area contributed by atoms with Gasteiger partial charge in [0.15, 0.2) is 0 Å². The number of aliphatic hydroxyl groups excluding tert-OH is 1. The molecule has 1 aromatic rings. The summed E-state index contributed by atoms with van der Waals surface area (Å²) in [4.78, 5) is 2.61. The van der Waals surface area contributed by atoms with E-state index in [1.54, 1.807) is 6.07 Å². The molecule has 0 atom stereocenters. The standard InChI is InChI=1S/C21H31BrFNO/c22-21-8-5-19(23)15-18(21)14-17-9-12-24(13-10-17)11-1-2-16-3-6-20(25)7-4-16/h5,8,15-17,20,25H,1-4,6-7,9-14H2. The minimum Gasteiger partial charge on any atom is -0.393 e. The van der Waals surface area contributed by atoms with Gasteiger partial charge in [-0.2, -0.15) is 0 Å². The second-order valence-electron chi connectivity index (χ2n) is 8.04. The zero-order valence-electron chi connectivity index (χ0n) is 15.1. The summed E-state index contributed by atoms with van der Waals surface area (Å²) < 4.78 is 14.5. The number of benzene rings is 1. The smallest absolute Gasteiger partial charge is 0.123 e. The van der Waals surface area contributed by atoms with E-state index in [4.69, 9.17) is 0 Å². The first-order valence-corrected chi connectivity index (χ1v) is 10.7. The average Bonchev–Trinajstić information content (AvgIpc) is 2.61. The van der Waals surface area contributed by atoms with Gasteiger partial charge in [0.2, 0.25) is 0 Å². The first-order chi connectivity index (χ1) is 12.1. The fraction of sp³-hybridized carbons (Fsp3) is 0.714. The van der Waals surface area contributed by atoms with Crippen LogP contribution in [0.25, 0.3) is 0 Å². The highest BCUT2D eigenvalue weighted by Gasteiger charge is 2.22. The number of hydrogen-bond acceptors (Lipinski definition) is 2. The van der Waals surface area contributed by atoms with Crippen LogP contribution in [0.15, 0.2) is 22.7 Å². The van der Waals surface area contributed by atoms with Crippen LogP contribution in [0.2, 0.25) is 0 Å². The zero-order valence-corrected chi connectivity index (χ0v) is 16.7. The van der Waals surface area contributed by atoms with Gasteiger partial charge in [-0.1, -0.05) is 15.9 Å². The number of aliphatic hydroxyl groups is 1. The molecule has 0 amide bonds. The Morgan fingerprint density at radius 1 is 1.04 bits per heavy atom. The van der Waals surface area contributed by atoms with Gasteiger partial charge in [-0.3, -0.25) is 0 Å². The molecular formula is C21H31BrFNO. The Morgan fingerprint density at radius 3 is 2.48 bits per heavy atom. The van der Waals surface area contributed by atoms with Crippen molar-refractivity contribution in [1.29, 1.82) is 0 Å². The van der Waals surface area contributed by atoms with Crippen LogP contribution in [-0.4, -0.2) is 35.7 Å². The molecule has 2 aliphatic rings. The number of hydrogen-bond donors (Lipinski definition) is 1. The van der Waals surface area contributed by atoms with Crippen molar-refractivity contribution in [1.82, 2.24) is 4.90 Å². The maximum absolute atomic E-state index is 13.4. The van der Waals surface area contributed by atoms with Crippen LogP contribution in [0.1, 0.15) is 56.9 Å². The van der Waals surface area contributed by atoms with Crippen molar-refractivity contribution in [3.63, 3.8) is 0 Å². The van der Waals surface area contributed by atoms with Gasteiger partial charge in [0.05, 0.1) is 6.10 Å². The monoisotopic (exact) mass is 411 g/mol. The summed E-state index contributed by atoms with van der Waals surface area (Å²) in [5.41, 5.74) is 1.11. The first-order valence-electron chi connectivity index (χ1n) is 9.94. The lowest BCUT2D eigenvalue weighted by Crippen LogP contribution is -2.35. The van der Waals surface area contributed by atoms with Crippen LogP contribution in [0.4, 0.5) is 4.39 Å².